The van der Waals surface area contributed by atoms with Gasteiger partial charge in [-0.3, -0.25) is 4.98 Å². The zero-order valence-electron chi connectivity index (χ0n) is 14.6. The first kappa shape index (κ1) is 15.4. The van der Waals surface area contributed by atoms with E-state index in [1.807, 2.05) is 6.20 Å². The third-order valence-corrected chi connectivity index (χ3v) is 5.44. The molecule has 1 saturated carbocycles. The molecule has 0 amide bonds. The van der Waals surface area contributed by atoms with Crippen LogP contribution >= 0.6 is 0 Å². The van der Waals surface area contributed by atoms with Gasteiger partial charge in [-0.25, -0.2) is 0 Å². The standard InChI is InChI=1S/C23H25N/c1-16(2)18-10-11-22-20(14-18)12-13-24-23(22)21-9-5-8-19(15-21)17-6-3-4-7-17/h5,8-17H,3-4,6-7H2,1-2H3. The maximum absolute atomic E-state index is 4.72. The van der Waals surface area contributed by atoms with E-state index in [1.165, 1.54) is 53.1 Å². The number of pyridine rings is 1. The summed E-state index contributed by atoms with van der Waals surface area (Å²) in [6.07, 6.45) is 7.37. The molecule has 122 valence electrons. The van der Waals surface area contributed by atoms with Gasteiger partial charge in [0.25, 0.3) is 0 Å². The van der Waals surface area contributed by atoms with Crippen molar-refractivity contribution >= 4 is 10.8 Å². The lowest BCUT2D eigenvalue weighted by atomic mass is 9.93. The van der Waals surface area contributed by atoms with Gasteiger partial charge in [0.1, 0.15) is 0 Å². The van der Waals surface area contributed by atoms with Crippen LogP contribution in [0.4, 0.5) is 0 Å². The smallest absolute Gasteiger partial charge is 0.0780 e. The number of benzene rings is 2. The predicted molar refractivity (Wildman–Crippen MR) is 102 cm³/mol. The number of aromatic nitrogens is 1. The van der Waals surface area contributed by atoms with Crippen LogP contribution in [0.2, 0.25) is 0 Å². The molecule has 1 heteroatoms. The first-order valence-electron chi connectivity index (χ1n) is 9.21. The van der Waals surface area contributed by atoms with Crippen molar-refractivity contribution in [3.05, 3.63) is 65.9 Å². The minimum absolute atomic E-state index is 0.553. The Kier molecular flexibility index (Phi) is 4.10. The summed E-state index contributed by atoms with van der Waals surface area (Å²) in [5, 5.41) is 2.54. The third-order valence-electron chi connectivity index (χ3n) is 5.44. The van der Waals surface area contributed by atoms with Crippen LogP contribution in [0.15, 0.2) is 54.7 Å². The van der Waals surface area contributed by atoms with Gasteiger partial charge in [-0.15, -0.1) is 0 Å². The highest BCUT2D eigenvalue weighted by Crippen LogP contribution is 2.36. The van der Waals surface area contributed by atoms with E-state index in [4.69, 9.17) is 4.98 Å². The van der Waals surface area contributed by atoms with E-state index in [9.17, 15) is 0 Å². The van der Waals surface area contributed by atoms with Gasteiger partial charge >= 0.3 is 0 Å². The van der Waals surface area contributed by atoms with E-state index in [0.717, 1.165) is 11.6 Å². The quantitative estimate of drug-likeness (QED) is 0.525. The summed E-state index contributed by atoms with van der Waals surface area (Å²) in [5.41, 5.74) is 5.24. The van der Waals surface area contributed by atoms with Crippen LogP contribution < -0.4 is 0 Å². The van der Waals surface area contributed by atoms with E-state index < -0.39 is 0 Å². The second-order valence-electron chi connectivity index (χ2n) is 7.40. The normalized spacial score (nSPS) is 15.5. The van der Waals surface area contributed by atoms with Crippen LogP contribution in [0, 0.1) is 0 Å². The molecule has 0 radical (unpaired) electrons. The molecule has 2 aromatic carbocycles. The molecular weight excluding hydrogens is 290 g/mol. The second kappa shape index (κ2) is 6.39. The van der Waals surface area contributed by atoms with Gasteiger partial charge in [0.2, 0.25) is 0 Å². The van der Waals surface area contributed by atoms with Crippen molar-refractivity contribution in [1.82, 2.24) is 4.98 Å². The number of hydrogen-bond donors (Lipinski definition) is 0. The molecule has 4 rings (SSSR count). The van der Waals surface area contributed by atoms with Crippen LogP contribution in [-0.2, 0) is 0 Å². The largest absolute Gasteiger partial charge is 0.256 e. The minimum Gasteiger partial charge on any atom is -0.256 e. The zero-order valence-corrected chi connectivity index (χ0v) is 14.6. The van der Waals surface area contributed by atoms with Crippen molar-refractivity contribution in [3.8, 4) is 11.3 Å². The minimum atomic E-state index is 0.553. The van der Waals surface area contributed by atoms with Crippen molar-refractivity contribution in [2.75, 3.05) is 0 Å². The molecule has 1 fully saturated rings. The molecule has 1 aliphatic rings. The summed E-state index contributed by atoms with van der Waals surface area (Å²) in [7, 11) is 0. The zero-order chi connectivity index (χ0) is 16.5. The Morgan fingerprint density at radius 2 is 1.79 bits per heavy atom. The summed E-state index contributed by atoms with van der Waals surface area (Å²) >= 11 is 0. The molecule has 0 atom stereocenters. The van der Waals surface area contributed by atoms with Gasteiger partial charge in [-0.2, -0.15) is 0 Å². The average Bonchev–Trinajstić information content (AvgIpc) is 3.15. The highest BCUT2D eigenvalue weighted by atomic mass is 14.7. The second-order valence-corrected chi connectivity index (χ2v) is 7.40. The van der Waals surface area contributed by atoms with Crippen LogP contribution in [0.3, 0.4) is 0 Å². The van der Waals surface area contributed by atoms with E-state index in [2.05, 4.69) is 62.4 Å². The van der Waals surface area contributed by atoms with Gasteiger partial charge in [0.05, 0.1) is 5.69 Å². The van der Waals surface area contributed by atoms with Gasteiger partial charge in [0, 0.05) is 17.1 Å². The Bertz CT molecular complexity index is 857. The topological polar surface area (TPSA) is 12.9 Å². The molecular formula is C23H25N. The van der Waals surface area contributed by atoms with Crippen molar-refractivity contribution in [3.63, 3.8) is 0 Å². The number of nitrogens with zero attached hydrogens (tertiary/aromatic N) is 1. The molecule has 0 aliphatic heterocycles. The Morgan fingerprint density at radius 3 is 2.58 bits per heavy atom. The first-order chi connectivity index (χ1) is 11.7. The fourth-order valence-corrected chi connectivity index (χ4v) is 3.98. The molecule has 0 bridgehead atoms. The number of rotatable bonds is 3. The average molecular weight is 315 g/mol. The molecule has 1 aliphatic carbocycles. The van der Waals surface area contributed by atoms with Crippen LogP contribution in [0.5, 0.6) is 0 Å². The molecule has 3 aromatic rings. The van der Waals surface area contributed by atoms with Crippen LogP contribution in [0.25, 0.3) is 22.0 Å². The molecule has 0 spiro atoms. The maximum Gasteiger partial charge on any atom is 0.0780 e. The Labute approximate surface area is 144 Å². The summed E-state index contributed by atoms with van der Waals surface area (Å²) in [5.74, 6) is 1.30. The van der Waals surface area contributed by atoms with Gasteiger partial charge in [-0.05, 0) is 53.3 Å². The van der Waals surface area contributed by atoms with E-state index >= 15 is 0 Å². The lowest BCUT2D eigenvalue weighted by molar-refractivity contribution is 0.723. The molecule has 1 heterocycles. The lowest BCUT2D eigenvalue weighted by Crippen LogP contribution is -1.94. The van der Waals surface area contributed by atoms with Crippen LogP contribution in [-0.4, -0.2) is 4.98 Å². The molecule has 1 nitrogen and oxygen atoms in total. The fraction of sp³-hybridized carbons (Fsp3) is 0.348. The molecule has 24 heavy (non-hydrogen) atoms. The first-order valence-corrected chi connectivity index (χ1v) is 9.21. The van der Waals surface area contributed by atoms with Gasteiger partial charge < -0.3 is 0 Å². The highest BCUT2D eigenvalue weighted by molar-refractivity contribution is 5.94. The van der Waals surface area contributed by atoms with Crippen molar-refractivity contribution in [1.29, 1.82) is 0 Å². The lowest BCUT2D eigenvalue weighted by Gasteiger charge is -2.13. The van der Waals surface area contributed by atoms with E-state index in [-0.39, 0.29) is 0 Å². The van der Waals surface area contributed by atoms with Crippen molar-refractivity contribution in [2.24, 2.45) is 0 Å². The van der Waals surface area contributed by atoms with Crippen LogP contribution in [0.1, 0.15) is 62.5 Å². The third kappa shape index (κ3) is 2.84. The molecule has 0 saturated heterocycles. The molecule has 0 unspecified atom stereocenters. The Morgan fingerprint density at radius 1 is 0.958 bits per heavy atom. The summed E-state index contributed by atoms with van der Waals surface area (Å²) in [4.78, 5) is 4.72. The Hall–Kier alpha value is -2.15. The van der Waals surface area contributed by atoms with E-state index in [0.29, 0.717) is 5.92 Å². The van der Waals surface area contributed by atoms with E-state index in [1.54, 1.807) is 0 Å². The molecule has 1 aromatic heterocycles. The van der Waals surface area contributed by atoms with Gasteiger partial charge in [-0.1, -0.05) is 63.1 Å². The summed E-state index contributed by atoms with van der Waals surface area (Å²) in [6.45, 7) is 4.49. The highest BCUT2D eigenvalue weighted by Gasteiger charge is 2.17. The van der Waals surface area contributed by atoms with Gasteiger partial charge in [0.15, 0.2) is 0 Å². The maximum atomic E-state index is 4.72. The van der Waals surface area contributed by atoms with Crippen molar-refractivity contribution < 1.29 is 0 Å². The predicted octanol–water partition coefficient (Wildman–Crippen LogP) is 6.68. The monoisotopic (exact) mass is 315 g/mol. The molecule has 0 N–H and O–H groups in total. The number of fused-ring (bicyclic) bond motifs is 1. The summed E-state index contributed by atoms with van der Waals surface area (Å²) in [6, 6.07) is 18.0. The Balaban J connectivity index is 1.80. The van der Waals surface area contributed by atoms with Crippen molar-refractivity contribution in [2.45, 2.75) is 51.4 Å². The fourth-order valence-electron chi connectivity index (χ4n) is 3.98. The SMILES string of the molecule is CC(C)c1ccc2c(-c3cccc(C4CCCC4)c3)nccc2c1. The summed E-state index contributed by atoms with van der Waals surface area (Å²) < 4.78 is 0. The number of hydrogen-bond acceptors (Lipinski definition) is 1.